The van der Waals surface area contributed by atoms with E-state index in [-0.39, 0.29) is 29.9 Å². The minimum atomic E-state index is -3.77. The molecule has 0 saturated carbocycles. The van der Waals surface area contributed by atoms with Crippen LogP contribution in [-0.2, 0) is 10.0 Å². The summed E-state index contributed by atoms with van der Waals surface area (Å²) in [7, 11) is -3.77. The van der Waals surface area contributed by atoms with Gasteiger partial charge in [0.2, 0.25) is 10.0 Å². The van der Waals surface area contributed by atoms with Crippen LogP contribution in [0.4, 0.5) is 4.39 Å². The molecule has 0 amide bonds. The van der Waals surface area contributed by atoms with E-state index in [0.29, 0.717) is 6.54 Å². The number of hydrogen-bond donors (Lipinski definition) is 1. The van der Waals surface area contributed by atoms with Crippen molar-refractivity contribution < 1.29 is 12.8 Å². The Hall–Kier alpha value is -0.690. The summed E-state index contributed by atoms with van der Waals surface area (Å²) < 4.78 is 39.9. The highest BCUT2D eigenvalue weighted by molar-refractivity contribution is 7.89. The molecule has 1 aromatic rings. The molecular weight excluding hydrogens is 291 g/mol. The molecule has 2 N–H and O–H groups in total. The number of aryl methyl sites for hydroxylation is 1. The van der Waals surface area contributed by atoms with Crippen LogP contribution in [0.15, 0.2) is 23.1 Å². The number of rotatable bonds is 3. The van der Waals surface area contributed by atoms with Gasteiger partial charge in [0.25, 0.3) is 0 Å². The molecule has 0 aliphatic carbocycles. The minimum Gasteiger partial charge on any atom is -0.329 e. The summed E-state index contributed by atoms with van der Waals surface area (Å²) >= 11 is 0. The first-order valence-corrected chi connectivity index (χ1v) is 7.39. The van der Waals surface area contributed by atoms with Crippen molar-refractivity contribution in [1.29, 1.82) is 0 Å². The SMILES string of the molecule is Cc1ccc(F)c(S(=O)(=O)N2CCCC2CN)c1.Cl. The molecule has 19 heavy (non-hydrogen) atoms. The van der Waals surface area contributed by atoms with Gasteiger partial charge in [0.15, 0.2) is 0 Å². The fourth-order valence-electron chi connectivity index (χ4n) is 2.30. The number of nitrogens with two attached hydrogens (primary N) is 1. The Kier molecular flexibility index (Phi) is 5.32. The first-order chi connectivity index (χ1) is 8.46. The van der Waals surface area contributed by atoms with E-state index in [0.717, 1.165) is 18.4 Å². The van der Waals surface area contributed by atoms with Crippen molar-refractivity contribution in [3.63, 3.8) is 0 Å². The molecule has 2 rings (SSSR count). The largest absolute Gasteiger partial charge is 0.329 e. The van der Waals surface area contributed by atoms with Gasteiger partial charge in [-0.05, 0) is 37.5 Å². The zero-order valence-electron chi connectivity index (χ0n) is 10.7. The van der Waals surface area contributed by atoms with E-state index in [1.54, 1.807) is 13.0 Å². The van der Waals surface area contributed by atoms with Crippen molar-refractivity contribution in [2.75, 3.05) is 13.1 Å². The van der Waals surface area contributed by atoms with Crippen LogP contribution in [0.1, 0.15) is 18.4 Å². The van der Waals surface area contributed by atoms with Crippen molar-refractivity contribution in [3.05, 3.63) is 29.6 Å². The van der Waals surface area contributed by atoms with Gasteiger partial charge in [0.1, 0.15) is 10.7 Å². The standard InChI is InChI=1S/C12H17FN2O2S.ClH/c1-9-4-5-11(13)12(7-9)18(16,17)15-6-2-3-10(15)8-14;/h4-5,7,10H,2-3,6,8,14H2,1H3;1H. The number of halogens is 2. The van der Waals surface area contributed by atoms with Gasteiger partial charge < -0.3 is 5.73 Å². The Bertz CT molecular complexity index is 551. The fourth-order valence-corrected chi connectivity index (χ4v) is 4.15. The number of hydrogen-bond acceptors (Lipinski definition) is 3. The molecule has 0 radical (unpaired) electrons. The molecular formula is C12H18ClFN2O2S. The Morgan fingerprint density at radius 2 is 2.16 bits per heavy atom. The lowest BCUT2D eigenvalue weighted by atomic mass is 10.2. The molecule has 1 aliphatic rings. The fraction of sp³-hybridized carbons (Fsp3) is 0.500. The van der Waals surface area contributed by atoms with E-state index in [1.807, 2.05) is 0 Å². The number of nitrogens with zero attached hydrogens (tertiary/aromatic N) is 1. The van der Waals surface area contributed by atoms with Crippen LogP contribution in [-0.4, -0.2) is 31.9 Å². The number of benzene rings is 1. The third-order valence-corrected chi connectivity index (χ3v) is 5.24. The molecule has 1 saturated heterocycles. The highest BCUT2D eigenvalue weighted by Gasteiger charge is 2.35. The second-order valence-electron chi connectivity index (χ2n) is 4.58. The predicted octanol–water partition coefficient (Wildman–Crippen LogP) is 1.67. The zero-order valence-corrected chi connectivity index (χ0v) is 12.3. The van der Waals surface area contributed by atoms with Crippen molar-refractivity contribution in [3.8, 4) is 0 Å². The van der Waals surface area contributed by atoms with Gasteiger partial charge >= 0.3 is 0 Å². The average Bonchev–Trinajstić information content (AvgIpc) is 2.81. The van der Waals surface area contributed by atoms with Crippen LogP contribution in [0.25, 0.3) is 0 Å². The van der Waals surface area contributed by atoms with Crippen molar-refractivity contribution >= 4 is 22.4 Å². The summed E-state index contributed by atoms with van der Waals surface area (Å²) in [5, 5.41) is 0. The second kappa shape index (κ2) is 6.17. The lowest BCUT2D eigenvalue weighted by molar-refractivity contribution is 0.390. The van der Waals surface area contributed by atoms with E-state index in [2.05, 4.69) is 0 Å². The highest BCUT2D eigenvalue weighted by atomic mass is 35.5. The zero-order chi connectivity index (χ0) is 13.3. The van der Waals surface area contributed by atoms with E-state index < -0.39 is 15.8 Å². The Morgan fingerprint density at radius 3 is 2.79 bits per heavy atom. The molecule has 1 fully saturated rings. The van der Waals surface area contributed by atoms with Gasteiger partial charge in [-0.25, -0.2) is 12.8 Å². The van der Waals surface area contributed by atoms with Gasteiger partial charge in [0, 0.05) is 19.1 Å². The van der Waals surface area contributed by atoms with Gasteiger partial charge in [-0.2, -0.15) is 4.31 Å². The lowest BCUT2D eigenvalue weighted by Gasteiger charge is -2.23. The molecule has 108 valence electrons. The monoisotopic (exact) mass is 308 g/mol. The lowest BCUT2D eigenvalue weighted by Crippen LogP contribution is -2.40. The molecule has 1 aliphatic heterocycles. The summed E-state index contributed by atoms with van der Waals surface area (Å²) in [6, 6.07) is 3.90. The molecule has 1 aromatic carbocycles. The Morgan fingerprint density at radius 1 is 1.47 bits per heavy atom. The normalized spacial score (nSPS) is 20.3. The van der Waals surface area contributed by atoms with Crippen LogP contribution < -0.4 is 5.73 Å². The first-order valence-electron chi connectivity index (χ1n) is 5.95. The molecule has 4 nitrogen and oxygen atoms in total. The van der Waals surface area contributed by atoms with Gasteiger partial charge in [-0.1, -0.05) is 6.07 Å². The van der Waals surface area contributed by atoms with Crippen molar-refractivity contribution in [1.82, 2.24) is 4.31 Å². The maximum absolute atomic E-state index is 13.7. The highest BCUT2D eigenvalue weighted by Crippen LogP contribution is 2.27. The van der Waals surface area contributed by atoms with Crippen LogP contribution >= 0.6 is 12.4 Å². The van der Waals surface area contributed by atoms with E-state index >= 15 is 0 Å². The van der Waals surface area contributed by atoms with E-state index in [9.17, 15) is 12.8 Å². The van der Waals surface area contributed by atoms with E-state index in [1.165, 1.54) is 16.4 Å². The summed E-state index contributed by atoms with van der Waals surface area (Å²) in [6.07, 6.45) is 1.51. The van der Waals surface area contributed by atoms with Gasteiger partial charge in [0.05, 0.1) is 0 Å². The van der Waals surface area contributed by atoms with Crippen LogP contribution in [0, 0.1) is 12.7 Å². The maximum Gasteiger partial charge on any atom is 0.246 e. The molecule has 7 heteroatoms. The van der Waals surface area contributed by atoms with Crippen LogP contribution in [0.2, 0.25) is 0 Å². The molecule has 0 aromatic heterocycles. The molecule has 0 bridgehead atoms. The third-order valence-electron chi connectivity index (χ3n) is 3.27. The average molecular weight is 309 g/mol. The Balaban J connectivity index is 0.00000180. The van der Waals surface area contributed by atoms with Crippen molar-refractivity contribution in [2.45, 2.75) is 30.7 Å². The van der Waals surface area contributed by atoms with Crippen LogP contribution in [0.3, 0.4) is 0 Å². The van der Waals surface area contributed by atoms with Crippen LogP contribution in [0.5, 0.6) is 0 Å². The minimum absolute atomic E-state index is 0. The number of sulfonamides is 1. The Labute approximate surface area is 119 Å². The van der Waals surface area contributed by atoms with Gasteiger partial charge in [-0.15, -0.1) is 12.4 Å². The summed E-state index contributed by atoms with van der Waals surface area (Å²) in [6.45, 7) is 2.42. The molecule has 0 spiro atoms. The topological polar surface area (TPSA) is 63.4 Å². The van der Waals surface area contributed by atoms with Crippen molar-refractivity contribution in [2.24, 2.45) is 5.73 Å². The summed E-state index contributed by atoms with van der Waals surface area (Å²) in [5.41, 5.74) is 6.29. The predicted molar refractivity (Wildman–Crippen MR) is 74.4 cm³/mol. The molecule has 1 heterocycles. The second-order valence-corrected chi connectivity index (χ2v) is 6.44. The summed E-state index contributed by atoms with van der Waals surface area (Å²) in [4.78, 5) is -0.247. The maximum atomic E-state index is 13.7. The van der Waals surface area contributed by atoms with E-state index in [4.69, 9.17) is 5.73 Å². The summed E-state index contributed by atoms with van der Waals surface area (Å²) in [5.74, 6) is -0.705. The molecule has 1 unspecified atom stereocenters. The molecule has 1 atom stereocenters. The smallest absolute Gasteiger partial charge is 0.246 e. The van der Waals surface area contributed by atoms with Gasteiger partial charge in [-0.3, -0.25) is 0 Å². The third kappa shape index (κ3) is 3.08. The first kappa shape index (κ1) is 16.4. The quantitative estimate of drug-likeness (QED) is 0.924.